The molecular weight excluding hydrogens is 262 g/mol. The summed E-state index contributed by atoms with van der Waals surface area (Å²) in [5.41, 5.74) is -0.498. The van der Waals surface area contributed by atoms with Crippen LogP contribution in [0.1, 0.15) is 33.1 Å². The minimum atomic E-state index is -0.979. The van der Waals surface area contributed by atoms with Crippen molar-refractivity contribution in [3.05, 3.63) is 0 Å². The summed E-state index contributed by atoms with van der Waals surface area (Å²) in [7, 11) is 0. The molecule has 0 spiro atoms. The monoisotopic (exact) mass is 285 g/mol. The van der Waals surface area contributed by atoms with Crippen LogP contribution in [0.3, 0.4) is 0 Å². The van der Waals surface area contributed by atoms with Crippen LogP contribution >= 0.6 is 0 Å². The fourth-order valence-corrected chi connectivity index (χ4v) is 2.85. The van der Waals surface area contributed by atoms with Gasteiger partial charge in [-0.15, -0.1) is 0 Å². The maximum Gasteiger partial charge on any atom is 0.329 e. The van der Waals surface area contributed by atoms with Crippen LogP contribution in [0.2, 0.25) is 0 Å². The van der Waals surface area contributed by atoms with E-state index in [2.05, 4.69) is 0 Å². The van der Waals surface area contributed by atoms with Crippen molar-refractivity contribution in [3.63, 3.8) is 0 Å². The fraction of sp³-hybridized carbons (Fsp3) is 0.857. The zero-order chi connectivity index (χ0) is 14.8. The second-order valence-corrected chi connectivity index (χ2v) is 6.00. The Hall–Kier alpha value is -1.14. The zero-order valence-electron chi connectivity index (χ0n) is 12.1. The highest BCUT2D eigenvalue weighted by Crippen LogP contribution is 2.34. The second kappa shape index (κ2) is 6.10. The molecule has 0 aromatic heterocycles. The molecular formula is C14H23NO5. The number of nitrogens with zero attached hydrogens (tertiary/aromatic N) is 1. The summed E-state index contributed by atoms with van der Waals surface area (Å²) in [6.45, 7) is 5.22. The SMILES string of the molecule is CCOC1CC(CC(=O)N2CC(C)(OCC(=O)O)C2)C1. The molecule has 0 atom stereocenters. The number of ether oxygens (including phenoxy) is 2. The van der Waals surface area contributed by atoms with E-state index in [0.717, 1.165) is 19.4 Å². The van der Waals surface area contributed by atoms with Gasteiger partial charge in [-0.25, -0.2) is 4.79 Å². The van der Waals surface area contributed by atoms with Gasteiger partial charge in [0.1, 0.15) is 12.2 Å². The van der Waals surface area contributed by atoms with Gasteiger partial charge in [-0.3, -0.25) is 4.79 Å². The van der Waals surface area contributed by atoms with Crippen LogP contribution in [-0.2, 0) is 19.1 Å². The first-order chi connectivity index (χ1) is 9.42. The molecule has 0 aromatic rings. The number of amides is 1. The summed E-state index contributed by atoms with van der Waals surface area (Å²) >= 11 is 0. The first kappa shape index (κ1) is 15.3. The van der Waals surface area contributed by atoms with Crippen LogP contribution in [0.25, 0.3) is 0 Å². The average molecular weight is 285 g/mol. The summed E-state index contributed by atoms with van der Waals surface area (Å²) in [6, 6.07) is 0. The molecule has 1 saturated carbocycles. The third kappa shape index (κ3) is 3.70. The number of carbonyl (C=O) groups is 2. The standard InChI is InChI=1S/C14H23NO5/c1-3-19-11-4-10(5-11)6-12(16)15-8-14(2,9-15)20-7-13(17)18/h10-11H,3-9H2,1-2H3,(H,17,18). The van der Waals surface area contributed by atoms with Crippen molar-refractivity contribution in [2.24, 2.45) is 5.92 Å². The largest absolute Gasteiger partial charge is 0.480 e. The number of carboxylic acid groups (broad SMARTS) is 1. The maximum atomic E-state index is 12.0. The van der Waals surface area contributed by atoms with E-state index in [1.807, 2.05) is 13.8 Å². The number of likely N-dealkylation sites (tertiary alicyclic amines) is 1. The van der Waals surface area contributed by atoms with Crippen LogP contribution in [0.15, 0.2) is 0 Å². The molecule has 0 radical (unpaired) electrons. The van der Waals surface area contributed by atoms with E-state index in [1.165, 1.54) is 0 Å². The van der Waals surface area contributed by atoms with E-state index in [4.69, 9.17) is 14.6 Å². The Labute approximate surface area is 119 Å². The Morgan fingerprint density at radius 1 is 1.35 bits per heavy atom. The van der Waals surface area contributed by atoms with Gasteiger partial charge in [0, 0.05) is 13.0 Å². The molecule has 2 aliphatic rings. The summed E-state index contributed by atoms with van der Waals surface area (Å²) in [5, 5.41) is 8.58. The van der Waals surface area contributed by atoms with E-state index in [0.29, 0.717) is 31.5 Å². The lowest BCUT2D eigenvalue weighted by Gasteiger charge is -2.48. The van der Waals surface area contributed by atoms with Crippen LogP contribution in [-0.4, -0.2) is 59.9 Å². The van der Waals surface area contributed by atoms with Gasteiger partial charge in [0.05, 0.1) is 19.2 Å². The molecule has 2 rings (SSSR count). The third-order valence-corrected chi connectivity index (χ3v) is 4.01. The Balaban J connectivity index is 1.63. The van der Waals surface area contributed by atoms with Gasteiger partial charge in [0.25, 0.3) is 0 Å². The molecule has 20 heavy (non-hydrogen) atoms. The fourth-order valence-electron chi connectivity index (χ4n) is 2.85. The second-order valence-electron chi connectivity index (χ2n) is 6.00. The molecule has 114 valence electrons. The van der Waals surface area contributed by atoms with Crippen LogP contribution in [0.5, 0.6) is 0 Å². The number of carbonyl (C=O) groups excluding carboxylic acids is 1. The van der Waals surface area contributed by atoms with Crippen molar-refractivity contribution in [2.75, 3.05) is 26.3 Å². The first-order valence-electron chi connectivity index (χ1n) is 7.17. The Bertz CT molecular complexity index is 372. The van der Waals surface area contributed by atoms with Gasteiger partial charge in [-0.2, -0.15) is 0 Å². The number of rotatable bonds is 7. The van der Waals surface area contributed by atoms with Gasteiger partial charge in [0.15, 0.2) is 0 Å². The Kier molecular flexibility index (Phi) is 4.65. The maximum absolute atomic E-state index is 12.0. The van der Waals surface area contributed by atoms with Crippen molar-refractivity contribution >= 4 is 11.9 Å². The van der Waals surface area contributed by atoms with Crippen LogP contribution < -0.4 is 0 Å². The molecule has 2 fully saturated rings. The Morgan fingerprint density at radius 3 is 2.55 bits per heavy atom. The minimum Gasteiger partial charge on any atom is -0.480 e. The molecule has 6 heteroatoms. The molecule has 0 aromatic carbocycles. The summed E-state index contributed by atoms with van der Waals surface area (Å²) in [6.07, 6.45) is 2.84. The van der Waals surface area contributed by atoms with E-state index >= 15 is 0 Å². The van der Waals surface area contributed by atoms with Gasteiger partial charge in [-0.05, 0) is 32.6 Å². The zero-order valence-corrected chi connectivity index (χ0v) is 12.1. The highest BCUT2D eigenvalue weighted by Gasteiger charge is 2.43. The number of hydrogen-bond acceptors (Lipinski definition) is 4. The molecule has 1 heterocycles. The molecule has 1 aliphatic heterocycles. The number of hydrogen-bond donors (Lipinski definition) is 1. The Morgan fingerprint density at radius 2 is 2.00 bits per heavy atom. The smallest absolute Gasteiger partial charge is 0.329 e. The molecule has 1 saturated heterocycles. The summed E-state index contributed by atoms with van der Waals surface area (Å²) < 4.78 is 10.8. The van der Waals surface area contributed by atoms with E-state index < -0.39 is 11.6 Å². The van der Waals surface area contributed by atoms with Crippen molar-refractivity contribution in [3.8, 4) is 0 Å². The van der Waals surface area contributed by atoms with Gasteiger partial charge < -0.3 is 19.5 Å². The highest BCUT2D eigenvalue weighted by atomic mass is 16.5. The van der Waals surface area contributed by atoms with Crippen molar-refractivity contribution in [2.45, 2.75) is 44.8 Å². The normalized spacial score (nSPS) is 27.6. The molecule has 0 unspecified atom stereocenters. The van der Waals surface area contributed by atoms with Gasteiger partial charge >= 0.3 is 5.97 Å². The van der Waals surface area contributed by atoms with Gasteiger partial charge in [-0.1, -0.05) is 0 Å². The topological polar surface area (TPSA) is 76.1 Å². The highest BCUT2D eigenvalue weighted by molar-refractivity contribution is 5.77. The molecule has 1 N–H and O–H groups in total. The van der Waals surface area contributed by atoms with E-state index in [1.54, 1.807) is 4.90 Å². The predicted octanol–water partition coefficient (Wildman–Crippen LogP) is 0.894. The lowest BCUT2D eigenvalue weighted by atomic mass is 9.79. The summed E-state index contributed by atoms with van der Waals surface area (Å²) in [4.78, 5) is 24.2. The van der Waals surface area contributed by atoms with Crippen molar-refractivity contribution in [1.82, 2.24) is 4.90 Å². The lowest BCUT2D eigenvalue weighted by molar-refractivity contribution is -0.174. The van der Waals surface area contributed by atoms with Gasteiger partial charge in [0.2, 0.25) is 5.91 Å². The quantitative estimate of drug-likeness (QED) is 0.752. The average Bonchev–Trinajstić information content (AvgIpc) is 2.30. The molecule has 6 nitrogen and oxygen atoms in total. The molecule has 0 bridgehead atoms. The minimum absolute atomic E-state index is 0.140. The van der Waals surface area contributed by atoms with Crippen LogP contribution in [0.4, 0.5) is 0 Å². The third-order valence-electron chi connectivity index (χ3n) is 4.01. The molecule has 1 aliphatic carbocycles. The van der Waals surface area contributed by atoms with Crippen LogP contribution in [0, 0.1) is 5.92 Å². The van der Waals surface area contributed by atoms with E-state index in [9.17, 15) is 9.59 Å². The first-order valence-corrected chi connectivity index (χ1v) is 7.17. The lowest BCUT2D eigenvalue weighted by Crippen LogP contribution is -2.63. The van der Waals surface area contributed by atoms with E-state index in [-0.39, 0.29) is 12.5 Å². The summed E-state index contributed by atoms with van der Waals surface area (Å²) in [5.74, 6) is -0.403. The predicted molar refractivity (Wildman–Crippen MR) is 71.3 cm³/mol. The van der Waals surface area contributed by atoms with Crippen molar-refractivity contribution < 1.29 is 24.2 Å². The number of aliphatic carboxylic acids is 1. The molecule has 1 amide bonds. The van der Waals surface area contributed by atoms with Crippen molar-refractivity contribution in [1.29, 1.82) is 0 Å². The number of carboxylic acids is 1.